The van der Waals surface area contributed by atoms with Gasteiger partial charge in [-0.15, -0.1) is 0 Å². The van der Waals surface area contributed by atoms with E-state index in [0.717, 1.165) is 12.8 Å². The fraction of sp³-hybridized carbons (Fsp3) is 0.412. The maximum Gasteiger partial charge on any atom is 0.420 e. The standard InChI is InChI=1S/C17H18N4O5/c22-15(10-21-11-4-1-2-5-12(11)25-17(21)23)18-8-7-14-19-16(26-20-14)13-6-3-9-24-13/h1-2,4-5,13H,3,6-10H2,(H,18,22)/t13-/m0/s1. The Bertz CT molecular complexity index is 967. The van der Waals surface area contributed by atoms with Crippen molar-refractivity contribution in [3.63, 3.8) is 0 Å². The Hall–Kier alpha value is -2.94. The van der Waals surface area contributed by atoms with Crippen LogP contribution in [0, 0.1) is 0 Å². The van der Waals surface area contributed by atoms with Crippen LogP contribution in [-0.2, 0) is 22.5 Å². The van der Waals surface area contributed by atoms with Crippen molar-refractivity contribution in [3.05, 3.63) is 46.5 Å². The topological polar surface area (TPSA) is 112 Å². The van der Waals surface area contributed by atoms with E-state index < -0.39 is 5.76 Å². The molecule has 0 bridgehead atoms. The first-order chi connectivity index (χ1) is 12.7. The van der Waals surface area contributed by atoms with Gasteiger partial charge in [0.2, 0.25) is 5.91 Å². The number of oxazole rings is 1. The lowest BCUT2D eigenvalue weighted by Gasteiger charge is -2.04. The van der Waals surface area contributed by atoms with Gasteiger partial charge in [-0.1, -0.05) is 17.3 Å². The van der Waals surface area contributed by atoms with Gasteiger partial charge in [0, 0.05) is 19.6 Å². The third kappa shape index (κ3) is 3.38. The second-order valence-electron chi connectivity index (χ2n) is 6.07. The van der Waals surface area contributed by atoms with Gasteiger partial charge in [0.25, 0.3) is 5.89 Å². The third-order valence-corrected chi connectivity index (χ3v) is 4.24. The normalized spacial score (nSPS) is 17.0. The fourth-order valence-corrected chi connectivity index (χ4v) is 2.95. The number of nitrogens with one attached hydrogen (secondary N) is 1. The summed E-state index contributed by atoms with van der Waals surface area (Å²) in [6.45, 7) is 0.942. The average molecular weight is 358 g/mol. The monoisotopic (exact) mass is 358 g/mol. The zero-order chi connectivity index (χ0) is 17.9. The number of amides is 1. The summed E-state index contributed by atoms with van der Waals surface area (Å²) >= 11 is 0. The second-order valence-corrected chi connectivity index (χ2v) is 6.07. The molecule has 9 heteroatoms. The van der Waals surface area contributed by atoms with E-state index in [1.54, 1.807) is 24.3 Å². The number of benzene rings is 1. The van der Waals surface area contributed by atoms with Gasteiger partial charge < -0.3 is 19.0 Å². The first-order valence-corrected chi connectivity index (χ1v) is 8.50. The Morgan fingerprint density at radius 2 is 2.23 bits per heavy atom. The molecule has 9 nitrogen and oxygen atoms in total. The summed E-state index contributed by atoms with van der Waals surface area (Å²) < 4.78 is 17.1. The zero-order valence-corrected chi connectivity index (χ0v) is 14.0. The molecule has 0 spiro atoms. The van der Waals surface area contributed by atoms with E-state index in [4.69, 9.17) is 13.7 Å². The lowest BCUT2D eigenvalue weighted by molar-refractivity contribution is -0.121. The van der Waals surface area contributed by atoms with Gasteiger partial charge in [-0.25, -0.2) is 4.79 Å². The van der Waals surface area contributed by atoms with Gasteiger partial charge in [0.1, 0.15) is 12.6 Å². The number of aromatic nitrogens is 3. The summed E-state index contributed by atoms with van der Waals surface area (Å²) in [6.07, 6.45) is 2.18. The van der Waals surface area contributed by atoms with E-state index in [1.807, 2.05) is 0 Å². The lowest BCUT2D eigenvalue weighted by atomic mass is 10.2. The van der Waals surface area contributed by atoms with Gasteiger partial charge in [0.15, 0.2) is 11.4 Å². The van der Waals surface area contributed by atoms with E-state index in [-0.39, 0.29) is 18.6 Å². The highest BCUT2D eigenvalue weighted by molar-refractivity contribution is 5.79. The van der Waals surface area contributed by atoms with E-state index >= 15 is 0 Å². The number of fused-ring (bicyclic) bond motifs is 1. The molecule has 0 aliphatic carbocycles. The largest absolute Gasteiger partial charge is 0.420 e. The van der Waals surface area contributed by atoms with Gasteiger partial charge in [0.05, 0.1) is 5.52 Å². The predicted octanol–water partition coefficient (Wildman–Crippen LogP) is 1.19. The maximum absolute atomic E-state index is 12.1. The molecule has 1 aromatic carbocycles. The molecule has 1 saturated heterocycles. The summed E-state index contributed by atoms with van der Waals surface area (Å²) in [5.41, 5.74) is 1.05. The van der Waals surface area contributed by atoms with Crippen LogP contribution < -0.4 is 11.1 Å². The van der Waals surface area contributed by atoms with Crippen LogP contribution in [0.1, 0.15) is 30.7 Å². The van der Waals surface area contributed by atoms with Crippen molar-refractivity contribution in [1.82, 2.24) is 20.0 Å². The number of nitrogens with zero attached hydrogens (tertiary/aromatic N) is 3. The summed E-state index contributed by atoms with van der Waals surface area (Å²) in [5.74, 6) is 0.157. The second kappa shape index (κ2) is 7.12. The van der Waals surface area contributed by atoms with Gasteiger partial charge in [-0.3, -0.25) is 9.36 Å². The number of hydrogen-bond donors (Lipinski definition) is 1. The molecule has 1 amide bonds. The first-order valence-electron chi connectivity index (χ1n) is 8.50. The minimum atomic E-state index is -0.555. The number of ether oxygens (including phenoxy) is 1. The molecule has 0 saturated carbocycles. The molecule has 1 aliphatic rings. The van der Waals surface area contributed by atoms with Crippen LogP contribution in [0.4, 0.5) is 0 Å². The number of carbonyl (C=O) groups excluding carboxylic acids is 1. The number of rotatable bonds is 6. The molecule has 26 heavy (non-hydrogen) atoms. The van der Waals surface area contributed by atoms with E-state index in [9.17, 15) is 9.59 Å². The molecule has 4 rings (SSSR count). The van der Waals surface area contributed by atoms with Crippen molar-refractivity contribution < 1.29 is 18.5 Å². The highest BCUT2D eigenvalue weighted by Gasteiger charge is 2.23. The van der Waals surface area contributed by atoms with Gasteiger partial charge in [-0.05, 0) is 25.0 Å². The van der Waals surface area contributed by atoms with Crippen molar-refractivity contribution in [2.75, 3.05) is 13.2 Å². The minimum absolute atomic E-state index is 0.108. The first kappa shape index (κ1) is 16.5. The number of carbonyl (C=O) groups is 1. The Balaban J connectivity index is 1.31. The van der Waals surface area contributed by atoms with Gasteiger partial charge in [-0.2, -0.15) is 4.98 Å². The molecular formula is C17H18N4O5. The third-order valence-electron chi connectivity index (χ3n) is 4.24. The Labute approximate surface area is 147 Å². The van der Waals surface area contributed by atoms with E-state index in [2.05, 4.69) is 15.5 Å². The van der Waals surface area contributed by atoms with Crippen molar-refractivity contribution in [2.24, 2.45) is 0 Å². The summed E-state index contributed by atoms with van der Waals surface area (Å²) in [6, 6.07) is 6.98. The summed E-state index contributed by atoms with van der Waals surface area (Å²) in [4.78, 5) is 28.3. The number of para-hydroxylation sites is 2. The van der Waals surface area contributed by atoms with Crippen LogP contribution in [0.2, 0.25) is 0 Å². The van der Waals surface area contributed by atoms with Crippen LogP contribution in [0.5, 0.6) is 0 Å². The van der Waals surface area contributed by atoms with Crippen molar-refractivity contribution >= 4 is 17.0 Å². The van der Waals surface area contributed by atoms with Crippen LogP contribution in [0.25, 0.3) is 11.1 Å². The van der Waals surface area contributed by atoms with Crippen molar-refractivity contribution in [1.29, 1.82) is 0 Å². The lowest BCUT2D eigenvalue weighted by Crippen LogP contribution is -2.32. The molecule has 136 valence electrons. The highest BCUT2D eigenvalue weighted by Crippen LogP contribution is 2.26. The fourth-order valence-electron chi connectivity index (χ4n) is 2.95. The maximum atomic E-state index is 12.1. The molecule has 3 aromatic rings. The Morgan fingerprint density at radius 1 is 1.35 bits per heavy atom. The SMILES string of the molecule is O=C(Cn1c(=O)oc2ccccc21)NCCc1noc([C@@H]2CCCO2)n1. The highest BCUT2D eigenvalue weighted by atomic mass is 16.5. The quantitative estimate of drug-likeness (QED) is 0.704. The van der Waals surface area contributed by atoms with Crippen LogP contribution in [0.3, 0.4) is 0 Å². The zero-order valence-electron chi connectivity index (χ0n) is 14.0. The Kier molecular flexibility index (Phi) is 4.53. The summed E-state index contributed by atoms with van der Waals surface area (Å²) in [7, 11) is 0. The van der Waals surface area contributed by atoms with Crippen molar-refractivity contribution in [2.45, 2.75) is 31.9 Å². The molecule has 1 fully saturated rings. The van der Waals surface area contributed by atoms with Crippen molar-refractivity contribution in [3.8, 4) is 0 Å². The molecule has 1 aliphatic heterocycles. The van der Waals surface area contributed by atoms with Crippen LogP contribution >= 0.6 is 0 Å². The minimum Gasteiger partial charge on any atom is -0.408 e. The molecule has 2 aromatic heterocycles. The molecular weight excluding hydrogens is 340 g/mol. The molecule has 1 N–H and O–H groups in total. The Morgan fingerprint density at radius 3 is 3.08 bits per heavy atom. The van der Waals surface area contributed by atoms with E-state index in [1.165, 1.54) is 4.57 Å². The van der Waals surface area contributed by atoms with E-state index in [0.29, 0.717) is 42.4 Å². The molecule has 0 unspecified atom stereocenters. The molecule has 0 radical (unpaired) electrons. The smallest absolute Gasteiger partial charge is 0.408 e. The van der Waals surface area contributed by atoms with Gasteiger partial charge >= 0.3 is 5.76 Å². The molecule has 3 heterocycles. The summed E-state index contributed by atoms with van der Waals surface area (Å²) in [5, 5.41) is 6.65. The number of hydrogen-bond acceptors (Lipinski definition) is 7. The average Bonchev–Trinajstić information content (AvgIpc) is 3.36. The van der Waals surface area contributed by atoms with Crippen LogP contribution in [-0.4, -0.2) is 33.8 Å². The molecule has 1 atom stereocenters. The van der Waals surface area contributed by atoms with Crippen LogP contribution in [0.15, 0.2) is 38.0 Å². The predicted molar refractivity (Wildman–Crippen MR) is 89.4 cm³/mol.